The molecule has 3 unspecified atom stereocenters. The van der Waals surface area contributed by atoms with Crippen LogP contribution >= 0.6 is 11.3 Å². The number of aliphatic hydroxyl groups excluding tert-OH is 1. The third-order valence-electron chi connectivity index (χ3n) is 6.71. The first-order valence-corrected chi connectivity index (χ1v) is 11.3. The number of carbonyl (C=O) groups is 3. The van der Waals surface area contributed by atoms with E-state index in [0.717, 1.165) is 35.4 Å². The molecule has 2 saturated carbocycles. The van der Waals surface area contributed by atoms with Gasteiger partial charge in [0.1, 0.15) is 0 Å². The Kier molecular flexibility index (Phi) is 4.61. The number of ketones is 2. The van der Waals surface area contributed by atoms with Gasteiger partial charge in [0.05, 0.1) is 11.8 Å². The van der Waals surface area contributed by atoms with Crippen LogP contribution in [0.2, 0.25) is 0 Å². The van der Waals surface area contributed by atoms with Gasteiger partial charge in [0, 0.05) is 21.7 Å². The highest BCUT2D eigenvalue weighted by Crippen LogP contribution is 2.55. The molecule has 0 aromatic carbocycles. The van der Waals surface area contributed by atoms with Crippen molar-refractivity contribution in [1.29, 1.82) is 0 Å². The number of aryl methyl sites for hydroxylation is 1. The number of ether oxygens (including phenoxy) is 2. The van der Waals surface area contributed by atoms with E-state index in [-0.39, 0.29) is 28.6 Å². The molecule has 1 aromatic rings. The molecule has 158 valence electrons. The molecule has 5 rings (SSSR count). The smallest absolute Gasteiger partial charge is 0.339 e. The average molecular weight is 429 g/mol. The lowest BCUT2D eigenvalue weighted by Gasteiger charge is -2.29. The maximum Gasteiger partial charge on any atom is 0.339 e. The zero-order valence-corrected chi connectivity index (χ0v) is 17.6. The maximum atomic E-state index is 13.0. The van der Waals surface area contributed by atoms with Crippen LogP contribution in [0.25, 0.3) is 0 Å². The van der Waals surface area contributed by atoms with E-state index in [4.69, 9.17) is 9.47 Å². The van der Waals surface area contributed by atoms with Crippen LogP contribution in [0.1, 0.15) is 54.2 Å². The number of Topliss-reactive ketones (excluding diaryl/α,β-unsaturated/α-hetero) is 1. The lowest BCUT2D eigenvalue weighted by atomic mass is 9.84. The summed E-state index contributed by atoms with van der Waals surface area (Å²) in [6.07, 6.45) is 5.73. The fourth-order valence-corrected chi connectivity index (χ4v) is 5.76. The van der Waals surface area contributed by atoms with Gasteiger partial charge in [0.2, 0.25) is 5.78 Å². The Labute approximate surface area is 178 Å². The molecule has 2 fully saturated rings. The minimum atomic E-state index is -1.00. The first kappa shape index (κ1) is 19.5. The lowest BCUT2D eigenvalue weighted by molar-refractivity contribution is -0.156. The summed E-state index contributed by atoms with van der Waals surface area (Å²) in [6.45, 7) is 2.00. The van der Waals surface area contributed by atoms with Crippen molar-refractivity contribution in [2.75, 3.05) is 0 Å². The van der Waals surface area contributed by atoms with E-state index >= 15 is 0 Å². The SMILES string of the molecule is Cc1ccc(C(C2=C(O)C(=O)C(CC3(CC4OC=CC4=O)CC3)OC2=O)C2CC2)s1. The second-order valence-corrected chi connectivity index (χ2v) is 10.3. The van der Waals surface area contributed by atoms with Crippen LogP contribution in [0.15, 0.2) is 35.8 Å². The second-order valence-electron chi connectivity index (χ2n) is 9.02. The molecule has 7 heteroatoms. The fourth-order valence-electron chi connectivity index (χ4n) is 4.68. The Balaban J connectivity index is 1.36. The van der Waals surface area contributed by atoms with Crippen LogP contribution < -0.4 is 0 Å². The van der Waals surface area contributed by atoms with Crippen LogP contribution in [-0.4, -0.2) is 34.9 Å². The molecule has 0 saturated heterocycles. The van der Waals surface area contributed by atoms with Gasteiger partial charge in [-0.2, -0.15) is 0 Å². The molecule has 0 bridgehead atoms. The maximum absolute atomic E-state index is 13.0. The van der Waals surface area contributed by atoms with Crippen molar-refractivity contribution >= 4 is 28.9 Å². The molecule has 3 heterocycles. The third kappa shape index (κ3) is 3.49. The number of hydrogen-bond acceptors (Lipinski definition) is 7. The van der Waals surface area contributed by atoms with Gasteiger partial charge in [-0.1, -0.05) is 0 Å². The predicted molar refractivity (Wildman–Crippen MR) is 109 cm³/mol. The van der Waals surface area contributed by atoms with Crippen LogP contribution in [0, 0.1) is 18.3 Å². The summed E-state index contributed by atoms with van der Waals surface area (Å²) in [7, 11) is 0. The van der Waals surface area contributed by atoms with Crippen LogP contribution in [0.3, 0.4) is 0 Å². The number of thiophene rings is 1. The van der Waals surface area contributed by atoms with E-state index in [0.29, 0.717) is 12.8 Å². The lowest BCUT2D eigenvalue weighted by Crippen LogP contribution is -2.39. The Morgan fingerprint density at radius 2 is 1.90 bits per heavy atom. The first-order valence-electron chi connectivity index (χ1n) is 10.5. The van der Waals surface area contributed by atoms with Crippen molar-refractivity contribution in [3.05, 3.63) is 45.6 Å². The normalized spacial score (nSPS) is 28.5. The van der Waals surface area contributed by atoms with E-state index in [1.807, 2.05) is 19.1 Å². The van der Waals surface area contributed by atoms with Crippen LogP contribution in [-0.2, 0) is 23.9 Å². The van der Waals surface area contributed by atoms with Crippen molar-refractivity contribution in [3.63, 3.8) is 0 Å². The van der Waals surface area contributed by atoms with E-state index in [1.165, 1.54) is 12.3 Å². The Morgan fingerprint density at radius 3 is 2.47 bits per heavy atom. The van der Waals surface area contributed by atoms with Gasteiger partial charge in [-0.3, -0.25) is 9.59 Å². The Hall–Kier alpha value is -2.41. The topological polar surface area (TPSA) is 89.9 Å². The number of esters is 1. The second kappa shape index (κ2) is 7.08. The van der Waals surface area contributed by atoms with Gasteiger partial charge in [-0.15, -0.1) is 11.3 Å². The van der Waals surface area contributed by atoms with Crippen LogP contribution in [0.4, 0.5) is 0 Å². The van der Waals surface area contributed by atoms with Gasteiger partial charge < -0.3 is 14.6 Å². The van der Waals surface area contributed by atoms with Gasteiger partial charge in [-0.05, 0) is 68.9 Å². The van der Waals surface area contributed by atoms with E-state index in [2.05, 4.69) is 0 Å². The molecular formula is C23H24O6S. The molecule has 1 N–H and O–H groups in total. The summed E-state index contributed by atoms with van der Waals surface area (Å²) in [5.41, 5.74) is -0.144. The zero-order valence-electron chi connectivity index (χ0n) is 16.8. The zero-order chi connectivity index (χ0) is 21.0. The molecule has 30 heavy (non-hydrogen) atoms. The first-order chi connectivity index (χ1) is 14.4. The highest BCUT2D eigenvalue weighted by molar-refractivity contribution is 7.12. The fraction of sp³-hybridized carbons (Fsp3) is 0.522. The summed E-state index contributed by atoms with van der Waals surface area (Å²) < 4.78 is 10.9. The highest BCUT2D eigenvalue weighted by Gasteiger charge is 2.52. The number of hydrogen-bond donors (Lipinski definition) is 1. The van der Waals surface area contributed by atoms with Crippen molar-refractivity contribution in [3.8, 4) is 0 Å². The Morgan fingerprint density at radius 1 is 1.17 bits per heavy atom. The summed E-state index contributed by atoms with van der Waals surface area (Å²) in [4.78, 5) is 39.9. The predicted octanol–water partition coefficient (Wildman–Crippen LogP) is 3.90. The number of carbonyl (C=O) groups excluding carboxylic acids is 3. The molecule has 4 aliphatic rings. The average Bonchev–Trinajstić information content (AvgIpc) is 3.60. The van der Waals surface area contributed by atoms with Crippen LogP contribution in [0.5, 0.6) is 0 Å². The number of cyclic esters (lactones) is 1. The molecule has 0 spiro atoms. The highest BCUT2D eigenvalue weighted by atomic mass is 32.1. The molecule has 0 amide bonds. The molecule has 3 atom stereocenters. The molecule has 2 aliphatic carbocycles. The molecule has 2 aliphatic heterocycles. The van der Waals surface area contributed by atoms with Crippen molar-refractivity contribution in [2.24, 2.45) is 11.3 Å². The summed E-state index contributed by atoms with van der Waals surface area (Å²) in [6, 6.07) is 3.96. The molecule has 1 aromatic heterocycles. The van der Waals surface area contributed by atoms with Gasteiger partial charge >= 0.3 is 5.97 Å². The van der Waals surface area contributed by atoms with Crippen molar-refractivity contribution < 1.29 is 29.0 Å². The van der Waals surface area contributed by atoms with E-state index < -0.39 is 29.7 Å². The third-order valence-corrected chi connectivity index (χ3v) is 7.79. The molecular weight excluding hydrogens is 404 g/mol. The van der Waals surface area contributed by atoms with Crippen molar-refractivity contribution in [1.82, 2.24) is 0 Å². The molecule has 0 radical (unpaired) electrons. The molecule has 6 nitrogen and oxygen atoms in total. The Bertz CT molecular complexity index is 978. The minimum Gasteiger partial charge on any atom is -0.504 e. The standard InChI is InChI=1S/C23H24O6S/c1-12-2-5-17(30-12)18(13-3-4-13)19-21(26)20(25)16(29-22(19)27)11-23(7-8-23)10-15-14(24)6-9-28-15/h2,5-6,9,13,15-16,18,26H,3-4,7-8,10-11H2,1H3. The number of aliphatic hydroxyl groups is 1. The summed E-state index contributed by atoms with van der Waals surface area (Å²) >= 11 is 1.59. The summed E-state index contributed by atoms with van der Waals surface area (Å²) in [5.74, 6) is -1.66. The van der Waals surface area contributed by atoms with Gasteiger partial charge in [-0.25, -0.2) is 4.79 Å². The largest absolute Gasteiger partial charge is 0.504 e. The minimum absolute atomic E-state index is 0.0724. The van der Waals surface area contributed by atoms with Gasteiger partial charge in [0.15, 0.2) is 23.8 Å². The van der Waals surface area contributed by atoms with E-state index in [9.17, 15) is 19.5 Å². The van der Waals surface area contributed by atoms with Gasteiger partial charge in [0.25, 0.3) is 0 Å². The number of rotatable bonds is 7. The van der Waals surface area contributed by atoms with Crippen molar-refractivity contribution in [2.45, 2.75) is 63.6 Å². The monoisotopic (exact) mass is 428 g/mol. The quantitative estimate of drug-likeness (QED) is 0.663. The van der Waals surface area contributed by atoms with E-state index in [1.54, 1.807) is 11.3 Å². The summed E-state index contributed by atoms with van der Waals surface area (Å²) in [5, 5.41) is 10.8.